The minimum atomic E-state index is 1.01. The molecule has 0 saturated heterocycles. The van der Waals surface area contributed by atoms with Crippen LogP contribution in [0.15, 0.2) is 18.5 Å². The maximum absolute atomic E-state index is 4.32. The van der Waals surface area contributed by atoms with Crippen LogP contribution >= 0.6 is 0 Å². The van der Waals surface area contributed by atoms with Gasteiger partial charge in [-0.05, 0) is 25.3 Å². The van der Waals surface area contributed by atoms with E-state index in [4.69, 9.17) is 0 Å². The van der Waals surface area contributed by atoms with E-state index in [2.05, 4.69) is 42.0 Å². The molecule has 0 atom stereocenters. The van der Waals surface area contributed by atoms with Gasteiger partial charge >= 0.3 is 0 Å². The minimum Gasteiger partial charge on any atom is -0.384 e. The summed E-state index contributed by atoms with van der Waals surface area (Å²) >= 11 is 0. The number of pyridine rings is 1. The monoisotopic (exact) mass is 235 g/mol. The van der Waals surface area contributed by atoms with Gasteiger partial charge in [-0.3, -0.25) is 4.98 Å². The molecule has 0 spiro atoms. The molecule has 0 aliphatic heterocycles. The summed E-state index contributed by atoms with van der Waals surface area (Å²) < 4.78 is 0. The number of anilines is 2. The third-order valence-corrected chi connectivity index (χ3v) is 2.66. The van der Waals surface area contributed by atoms with Crippen molar-refractivity contribution in [3.63, 3.8) is 0 Å². The Morgan fingerprint density at radius 3 is 2.35 bits per heavy atom. The molecule has 0 unspecified atom stereocenters. The van der Waals surface area contributed by atoms with Crippen LogP contribution in [0, 0.1) is 0 Å². The second-order valence-corrected chi connectivity index (χ2v) is 4.35. The number of hydrogen-bond acceptors (Lipinski definition) is 3. The van der Waals surface area contributed by atoms with E-state index in [1.54, 1.807) is 0 Å². The quantitative estimate of drug-likeness (QED) is 0.747. The van der Waals surface area contributed by atoms with E-state index in [0.29, 0.717) is 0 Å². The lowest BCUT2D eigenvalue weighted by Crippen LogP contribution is -2.25. The number of nitrogens with one attached hydrogen (secondary N) is 1. The number of hydrogen-bond donors (Lipinski definition) is 1. The lowest BCUT2D eigenvalue weighted by atomic mass is 10.3. The lowest BCUT2D eigenvalue weighted by molar-refractivity contribution is 0.743. The van der Waals surface area contributed by atoms with Crippen molar-refractivity contribution in [1.82, 2.24) is 4.98 Å². The second kappa shape index (κ2) is 7.93. The summed E-state index contributed by atoms with van der Waals surface area (Å²) in [4.78, 5) is 6.73. The molecule has 0 aromatic carbocycles. The van der Waals surface area contributed by atoms with Gasteiger partial charge in [0.1, 0.15) is 0 Å². The molecule has 0 saturated carbocycles. The molecule has 0 fully saturated rings. The Labute approximate surface area is 105 Å². The van der Waals surface area contributed by atoms with Gasteiger partial charge in [0.2, 0.25) is 0 Å². The minimum absolute atomic E-state index is 1.01. The first-order chi connectivity index (χ1) is 8.31. The van der Waals surface area contributed by atoms with Crippen molar-refractivity contribution in [3.8, 4) is 0 Å². The summed E-state index contributed by atoms with van der Waals surface area (Å²) in [7, 11) is 0. The van der Waals surface area contributed by atoms with E-state index in [0.717, 1.165) is 31.7 Å². The standard InChI is InChI=1S/C14H25N3/c1-4-7-16-13-10-14(12-15-11-13)17(8-5-2)9-6-3/h10-12,16H,4-9H2,1-3H3. The molecule has 0 aliphatic rings. The van der Waals surface area contributed by atoms with Crippen molar-refractivity contribution in [1.29, 1.82) is 0 Å². The van der Waals surface area contributed by atoms with Crippen molar-refractivity contribution >= 4 is 11.4 Å². The van der Waals surface area contributed by atoms with E-state index in [1.807, 2.05) is 12.4 Å². The molecule has 96 valence electrons. The average molecular weight is 235 g/mol. The molecule has 0 aliphatic carbocycles. The fraction of sp³-hybridized carbons (Fsp3) is 0.643. The molecular weight excluding hydrogens is 210 g/mol. The number of rotatable bonds is 8. The van der Waals surface area contributed by atoms with Gasteiger partial charge < -0.3 is 10.2 Å². The van der Waals surface area contributed by atoms with Gasteiger partial charge in [-0.2, -0.15) is 0 Å². The largest absolute Gasteiger partial charge is 0.384 e. The summed E-state index contributed by atoms with van der Waals surface area (Å²) in [6, 6.07) is 2.20. The smallest absolute Gasteiger partial charge is 0.0573 e. The normalized spacial score (nSPS) is 10.3. The van der Waals surface area contributed by atoms with E-state index in [9.17, 15) is 0 Å². The molecule has 3 nitrogen and oxygen atoms in total. The zero-order valence-electron chi connectivity index (χ0n) is 11.4. The van der Waals surface area contributed by atoms with Gasteiger partial charge in [0.25, 0.3) is 0 Å². The predicted octanol–water partition coefficient (Wildman–Crippen LogP) is 3.53. The van der Waals surface area contributed by atoms with Crippen LogP contribution in [-0.4, -0.2) is 24.6 Å². The molecule has 3 heteroatoms. The third-order valence-electron chi connectivity index (χ3n) is 2.66. The average Bonchev–Trinajstić information content (AvgIpc) is 2.36. The van der Waals surface area contributed by atoms with E-state index in [1.165, 1.54) is 18.5 Å². The van der Waals surface area contributed by atoms with Crippen molar-refractivity contribution in [2.75, 3.05) is 29.9 Å². The summed E-state index contributed by atoms with van der Waals surface area (Å²) in [5.74, 6) is 0. The highest BCUT2D eigenvalue weighted by molar-refractivity contribution is 5.55. The highest BCUT2D eigenvalue weighted by Gasteiger charge is 2.05. The van der Waals surface area contributed by atoms with Crippen molar-refractivity contribution < 1.29 is 0 Å². The number of nitrogens with zero attached hydrogens (tertiary/aromatic N) is 2. The second-order valence-electron chi connectivity index (χ2n) is 4.35. The Kier molecular flexibility index (Phi) is 6.45. The predicted molar refractivity (Wildman–Crippen MR) is 75.8 cm³/mol. The van der Waals surface area contributed by atoms with Crippen LogP contribution in [0.4, 0.5) is 11.4 Å². The van der Waals surface area contributed by atoms with Gasteiger partial charge in [-0.25, -0.2) is 0 Å². The van der Waals surface area contributed by atoms with E-state index in [-0.39, 0.29) is 0 Å². The van der Waals surface area contributed by atoms with Crippen molar-refractivity contribution in [2.24, 2.45) is 0 Å². The van der Waals surface area contributed by atoms with Gasteiger partial charge in [-0.1, -0.05) is 20.8 Å². The lowest BCUT2D eigenvalue weighted by Gasteiger charge is -2.23. The first-order valence-corrected chi connectivity index (χ1v) is 6.75. The third kappa shape index (κ3) is 4.63. The maximum Gasteiger partial charge on any atom is 0.0573 e. The SMILES string of the molecule is CCCNc1cncc(N(CCC)CCC)c1. The van der Waals surface area contributed by atoms with Gasteiger partial charge in [0, 0.05) is 19.6 Å². The van der Waals surface area contributed by atoms with Crippen LogP contribution in [0.3, 0.4) is 0 Å². The Morgan fingerprint density at radius 1 is 1.06 bits per heavy atom. The summed E-state index contributed by atoms with van der Waals surface area (Å²) in [5, 5.41) is 3.38. The van der Waals surface area contributed by atoms with Gasteiger partial charge in [-0.15, -0.1) is 0 Å². The zero-order valence-corrected chi connectivity index (χ0v) is 11.4. The Balaban J connectivity index is 2.72. The fourth-order valence-electron chi connectivity index (χ4n) is 1.88. The molecule has 1 heterocycles. The van der Waals surface area contributed by atoms with E-state index < -0.39 is 0 Å². The maximum atomic E-state index is 4.32. The molecule has 0 radical (unpaired) electrons. The molecule has 1 rings (SSSR count). The number of aromatic nitrogens is 1. The molecule has 0 bridgehead atoms. The highest BCUT2D eigenvalue weighted by atomic mass is 15.1. The van der Waals surface area contributed by atoms with Crippen LogP contribution in [0.2, 0.25) is 0 Å². The van der Waals surface area contributed by atoms with Gasteiger partial charge in [0.15, 0.2) is 0 Å². The van der Waals surface area contributed by atoms with Crippen molar-refractivity contribution in [3.05, 3.63) is 18.5 Å². The van der Waals surface area contributed by atoms with Crippen LogP contribution < -0.4 is 10.2 Å². The Bertz CT molecular complexity index is 306. The fourth-order valence-corrected chi connectivity index (χ4v) is 1.88. The molecule has 1 aromatic rings. The van der Waals surface area contributed by atoms with E-state index >= 15 is 0 Å². The first-order valence-electron chi connectivity index (χ1n) is 6.75. The van der Waals surface area contributed by atoms with Crippen LogP contribution in [0.1, 0.15) is 40.0 Å². The summed E-state index contributed by atoms with van der Waals surface area (Å²) in [6.45, 7) is 9.82. The van der Waals surface area contributed by atoms with Crippen LogP contribution in [-0.2, 0) is 0 Å². The zero-order chi connectivity index (χ0) is 12.5. The summed E-state index contributed by atoms with van der Waals surface area (Å²) in [6.07, 6.45) is 7.34. The van der Waals surface area contributed by atoms with Crippen LogP contribution in [0.25, 0.3) is 0 Å². The van der Waals surface area contributed by atoms with Crippen LogP contribution in [0.5, 0.6) is 0 Å². The molecule has 0 amide bonds. The molecule has 1 aromatic heterocycles. The highest BCUT2D eigenvalue weighted by Crippen LogP contribution is 2.18. The summed E-state index contributed by atoms with van der Waals surface area (Å²) in [5.41, 5.74) is 2.36. The topological polar surface area (TPSA) is 28.2 Å². The molecule has 1 N–H and O–H groups in total. The molecular formula is C14H25N3. The van der Waals surface area contributed by atoms with Crippen molar-refractivity contribution in [2.45, 2.75) is 40.0 Å². The van der Waals surface area contributed by atoms with Gasteiger partial charge in [0.05, 0.1) is 23.8 Å². The molecule has 17 heavy (non-hydrogen) atoms. The first kappa shape index (κ1) is 13.8. The Hall–Kier alpha value is -1.25. The Morgan fingerprint density at radius 2 is 1.76 bits per heavy atom.